The minimum Gasteiger partial charge on any atom is -0.394 e. The first-order chi connectivity index (χ1) is 65.8. The SMILES string of the molecule is CCCCC1C(=O)N(C)C(CCCC)C(=O)NC(CC(C)C)C(=O)NC(C(=O)NCC(N)=O)CSCC(=O)NC(Cc2ccccc2)C(=O)N(C)C(C)C(=O)NC(CC(N)=O)C(=O)N2CCCC2C(=O)NC(Cc2cnc[nH]2)C(=O)NC(CCCNC(=N)N)C(=O)NC(CO)C(=O)NC(Cc2c[nH]c3ccccc23)C(=O)NC(CCCNC(=N)N)C(=O)NC(Cc2c[nH]c3ccccc23)C(=O)N1C. The average molecular weight is 1940 g/mol. The van der Waals surface area contributed by atoms with Crippen molar-refractivity contribution in [2.75, 3.05) is 65.4 Å². The molecule has 45 nitrogen and oxygen atoms in total. The van der Waals surface area contributed by atoms with Crippen molar-refractivity contribution in [2.45, 2.75) is 235 Å². The summed E-state index contributed by atoms with van der Waals surface area (Å²) < 4.78 is 0. The van der Waals surface area contributed by atoms with Crippen LogP contribution < -0.4 is 92.1 Å². The number of hydrogen-bond acceptors (Lipinski definition) is 22. The number of fused-ring (bicyclic) bond motifs is 3. The van der Waals surface area contributed by atoms with E-state index in [0.717, 1.165) is 21.6 Å². The Balaban J connectivity index is 1.22. The number of benzene rings is 3. The van der Waals surface area contributed by atoms with Crippen LogP contribution in [-0.4, -0.2) is 307 Å². The number of para-hydroxylation sites is 2. The van der Waals surface area contributed by atoms with E-state index in [1.807, 2.05) is 13.8 Å². The van der Waals surface area contributed by atoms with Gasteiger partial charge in [0.05, 0.1) is 31.7 Å². The summed E-state index contributed by atoms with van der Waals surface area (Å²) >= 11 is 0.819. The lowest BCUT2D eigenvalue weighted by atomic mass is 9.99. The molecule has 2 saturated heterocycles. The molecule has 14 atom stereocenters. The van der Waals surface area contributed by atoms with E-state index in [1.165, 1.54) is 50.4 Å². The predicted octanol–water partition coefficient (Wildman–Crippen LogP) is -2.85. The second-order valence-electron chi connectivity index (χ2n) is 34.9. The largest absolute Gasteiger partial charge is 0.394 e. The molecule has 0 bridgehead atoms. The Bertz CT molecular complexity index is 5250. The number of amides is 17. The van der Waals surface area contributed by atoms with Crippen LogP contribution in [0.25, 0.3) is 21.8 Å². The number of aromatic amines is 3. The molecular formula is C92H133N27O18S. The third kappa shape index (κ3) is 32.5. The van der Waals surface area contributed by atoms with Crippen LogP contribution in [0.4, 0.5) is 0 Å². The fourth-order valence-electron chi connectivity index (χ4n) is 16.3. The molecule has 5 heterocycles. The zero-order valence-corrected chi connectivity index (χ0v) is 79.8. The summed E-state index contributed by atoms with van der Waals surface area (Å²) in [5.74, 6) is -18.0. The number of carbonyl (C=O) groups excluding carboxylic acids is 17. The number of thioether (sulfide) groups is 1. The van der Waals surface area contributed by atoms with E-state index in [4.69, 9.17) is 33.8 Å². The highest BCUT2D eigenvalue weighted by Crippen LogP contribution is 2.26. The van der Waals surface area contributed by atoms with Gasteiger partial charge in [-0.3, -0.25) is 92.3 Å². The Hall–Kier alpha value is -14.2. The van der Waals surface area contributed by atoms with E-state index >= 15 is 33.6 Å². The average Bonchev–Trinajstić information content (AvgIpc) is 1.54. The predicted molar refractivity (Wildman–Crippen MR) is 513 cm³/mol. The zero-order chi connectivity index (χ0) is 101. The molecule has 6 aromatic rings. The molecule has 2 aliphatic rings. The van der Waals surface area contributed by atoms with Crippen LogP contribution in [0.2, 0.25) is 0 Å². The number of aliphatic hydroxyl groups is 1. The van der Waals surface area contributed by atoms with Gasteiger partial charge in [-0.25, -0.2) is 4.98 Å². The van der Waals surface area contributed by atoms with E-state index in [9.17, 15) is 53.1 Å². The highest BCUT2D eigenvalue weighted by molar-refractivity contribution is 8.00. The summed E-state index contributed by atoms with van der Waals surface area (Å²) in [6.45, 7) is 6.52. The number of hydrogen-bond donors (Lipinski definition) is 23. The van der Waals surface area contributed by atoms with Crippen LogP contribution in [0, 0.1) is 16.7 Å². The zero-order valence-electron chi connectivity index (χ0n) is 79.0. The van der Waals surface area contributed by atoms with Gasteiger partial charge in [-0.15, -0.1) is 11.8 Å². The molecule has 0 aliphatic carbocycles. The minimum absolute atomic E-state index is 0.0123. The van der Waals surface area contributed by atoms with Crippen molar-refractivity contribution in [3.8, 4) is 0 Å². The van der Waals surface area contributed by atoms with Gasteiger partial charge in [-0.1, -0.05) is 120 Å². The maximum atomic E-state index is 15.9. The number of rotatable bonds is 30. The number of nitrogens with one attached hydrogen (secondary N) is 18. The van der Waals surface area contributed by atoms with Crippen LogP contribution in [0.1, 0.15) is 147 Å². The second-order valence-corrected chi connectivity index (χ2v) is 36.0. The maximum Gasteiger partial charge on any atom is 0.246 e. The van der Waals surface area contributed by atoms with Crippen molar-refractivity contribution in [2.24, 2.45) is 28.9 Å². The summed E-state index contributed by atoms with van der Waals surface area (Å²) in [4.78, 5) is 269. The van der Waals surface area contributed by atoms with Crippen LogP contribution in [-0.2, 0) is 107 Å². The molecule has 3 aromatic heterocycles. The minimum atomic E-state index is -1.93. The monoisotopic (exact) mass is 1940 g/mol. The first-order valence-electron chi connectivity index (χ1n) is 46.2. The van der Waals surface area contributed by atoms with Gasteiger partial charge < -0.3 is 132 Å². The normalized spacial score (nSPS) is 23.4. The van der Waals surface area contributed by atoms with Gasteiger partial charge in [-0.2, -0.15) is 0 Å². The molecule has 17 amide bonds. The van der Waals surface area contributed by atoms with Gasteiger partial charge in [0.1, 0.15) is 84.6 Å². The molecular weight excluding hydrogens is 1800 g/mol. The Morgan fingerprint density at radius 2 is 0.986 bits per heavy atom. The molecule has 2 aliphatic heterocycles. The number of primary amides is 2. The van der Waals surface area contributed by atoms with E-state index < -0.39 is 222 Å². The number of guanidine groups is 2. The number of likely N-dealkylation sites (N-methyl/N-ethyl adjacent to an activating group) is 3. The smallest absolute Gasteiger partial charge is 0.246 e. The van der Waals surface area contributed by atoms with E-state index in [0.29, 0.717) is 64.2 Å². The lowest BCUT2D eigenvalue weighted by molar-refractivity contribution is -0.149. The van der Waals surface area contributed by atoms with Crippen molar-refractivity contribution in [3.05, 3.63) is 126 Å². The molecule has 0 spiro atoms. The topological polar surface area (TPSA) is 692 Å². The fourth-order valence-corrected chi connectivity index (χ4v) is 17.2. The Morgan fingerprint density at radius 1 is 0.500 bits per heavy atom. The number of nitrogens with two attached hydrogens (primary N) is 4. The number of carbonyl (C=O) groups is 17. The molecule has 0 radical (unpaired) electrons. The van der Waals surface area contributed by atoms with Crippen LogP contribution in [0.3, 0.4) is 0 Å². The third-order valence-corrected chi connectivity index (χ3v) is 25.0. The van der Waals surface area contributed by atoms with Gasteiger partial charge in [-0.05, 0) is 99.5 Å². The maximum absolute atomic E-state index is 15.9. The summed E-state index contributed by atoms with van der Waals surface area (Å²) in [6, 6.07) is 0.752. The molecule has 3 aromatic carbocycles. The highest BCUT2D eigenvalue weighted by atomic mass is 32.2. The Morgan fingerprint density at radius 3 is 1.54 bits per heavy atom. The molecule has 14 unspecified atom stereocenters. The summed E-state index contributed by atoms with van der Waals surface area (Å²) in [5, 5.41) is 62.7. The van der Waals surface area contributed by atoms with Gasteiger partial charge in [0, 0.05) is 118 Å². The van der Waals surface area contributed by atoms with Gasteiger partial charge in [0.25, 0.3) is 0 Å². The van der Waals surface area contributed by atoms with Gasteiger partial charge in [0.15, 0.2) is 11.9 Å². The van der Waals surface area contributed by atoms with Gasteiger partial charge >= 0.3 is 0 Å². The lowest BCUT2D eigenvalue weighted by Crippen LogP contribution is -2.62. The highest BCUT2D eigenvalue weighted by Gasteiger charge is 2.44. The number of H-pyrrole nitrogens is 3. The van der Waals surface area contributed by atoms with Crippen molar-refractivity contribution < 1.29 is 86.6 Å². The van der Waals surface area contributed by atoms with Crippen LogP contribution in [0.5, 0.6) is 0 Å². The standard InChI is InChI=1S/C92H133N27O18S/c1-9-11-31-71-85(132)110-63(37-51(3)4)81(128)115-70(78(125)104-46-75(94)122)48-138-49-76(123)106-66(38-53-23-14-13-15-24-53)87(134)116(6)52(5)77(124)112-68(42-74(93)121)89(136)119-36-22-33-72(119)86(133)111-65(41-56-45-99-50-105-56)83(130)108-62(30-21-35-101-92(97)98)80(127)114-69(47-120)84(131)109-64(39-54-43-102-59-27-18-16-25-57(54)59)82(129)107-61(29-20-34-100-91(95)96)79(126)113-67(40-55-44-103-60-28-19-17-26-58(55)60)88(135)118(8)73(32-12-10-2)90(137)117(71)7/h13-19,23-28,43-45,50-52,61-73,102-103,120H,9-12,20-22,29-42,46-49H2,1-8H3,(H2,93,121)(H2,94,122)(H,99,105)(H,104,125)(H,106,123)(H,107,129)(H,108,130)(H,109,131)(H,110,132)(H,111,133)(H,112,124)(H,113,126)(H,114,127)(H,115,128)(H4,95,96,100)(H4,97,98,101). The molecule has 2 fully saturated rings. The van der Waals surface area contributed by atoms with Crippen molar-refractivity contribution in [1.82, 2.24) is 109 Å². The first kappa shape index (κ1) is 109. The van der Waals surface area contributed by atoms with E-state index in [2.05, 4.69) is 89.1 Å². The van der Waals surface area contributed by atoms with E-state index in [-0.39, 0.29) is 120 Å². The van der Waals surface area contributed by atoms with Crippen molar-refractivity contribution in [1.29, 1.82) is 10.8 Å². The fraction of sp³-hybridized carbons (Fsp3) is 0.522. The lowest BCUT2D eigenvalue weighted by Gasteiger charge is -2.36. The quantitative estimate of drug-likeness (QED) is 0.0123. The van der Waals surface area contributed by atoms with Crippen LogP contribution >= 0.6 is 11.8 Å². The summed E-state index contributed by atoms with van der Waals surface area (Å²) in [5.41, 5.74) is 25.6. The molecule has 27 N–H and O–H groups in total. The number of imidazole rings is 1. The second kappa shape index (κ2) is 53.9. The Kier molecular flexibility index (Phi) is 42.6. The molecule has 138 heavy (non-hydrogen) atoms. The number of unbranched alkanes of at least 4 members (excludes halogenated alkanes) is 2. The molecule has 0 saturated carbocycles. The van der Waals surface area contributed by atoms with Crippen molar-refractivity contribution in [3.63, 3.8) is 0 Å². The van der Waals surface area contributed by atoms with E-state index in [1.54, 1.807) is 105 Å². The first-order valence-corrected chi connectivity index (χ1v) is 47.4. The van der Waals surface area contributed by atoms with Crippen LogP contribution in [0.15, 0.2) is 104 Å². The molecule has 750 valence electrons. The van der Waals surface area contributed by atoms with Crippen molar-refractivity contribution >= 4 is 146 Å². The molecule has 8 rings (SSSR count). The molecule has 46 heteroatoms. The summed E-state index contributed by atoms with van der Waals surface area (Å²) in [6.07, 6.45) is 5.33. The number of aliphatic hydroxyl groups excluding tert-OH is 1. The number of aromatic nitrogens is 4. The Labute approximate surface area is 803 Å². The van der Waals surface area contributed by atoms with Gasteiger partial charge in [0.2, 0.25) is 100 Å². The third-order valence-electron chi connectivity index (χ3n) is 24.0. The summed E-state index contributed by atoms with van der Waals surface area (Å²) in [7, 11) is 4.01. The number of nitrogens with zero attached hydrogens (tertiary/aromatic N) is 5.